The van der Waals surface area contributed by atoms with Crippen molar-refractivity contribution in [2.45, 2.75) is 16.6 Å². The van der Waals surface area contributed by atoms with Crippen LogP contribution in [-0.2, 0) is 14.8 Å². The number of allylic oxidation sites excluding steroid dienone is 1. The van der Waals surface area contributed by atoms with Gasteiger partial charge < -0.3 is 5.11 Å². The van der Waals surface area contributed by atoms with Gasteiger partial charge in [-0.2, -0.15) is 0 Å². The number of rotatable bonds is 5. The first kappa shape index (κ1) is 19.3. The van der Waals surface area contributed by atoms with E-state index in [1.54, 1.807) is 30.3 Å². The van der Waals surface area contributed by atoms with Gasteiger partial charge in [0.2, 0.25) is 0 Å². The van der Waals surface area contributed by atoms with E-state index in [1.807, 2.05) is 4.72 Å². The van der Waals surface area contributed by atoms with Crippen molar-refractivity contribution < 1.29 is 31.5 Å². The molecule has 0 aliphatic carbocycles. The zero-order chi connectivity index (χ0) is 19.8. The Bertz CT molecular complexity index is 1040. The first-order valence-electron chi connectivity index (χ1n) is 7.55. The van der Waals surface area contributed by atoms with E-state index in [4.69, 9.17) is 0 Å². The van der Waals surface area contributed by atoms with Gasteiger partial charge in [-0.25, -0.2) is 26.4 Å². The van der Waals surface area contributed by atoms with Crippen LogP contribution in [0, 0.1) is 17.5 Å². The Morgan fingerprint density at radius 2 is 1.74 bits per heavy atom. The van der Waals surface area contributed by atoms with Crippen LogP contribution in [0.25, 0.3) is 0 Å². The SMILES string of the molecule is O=C(O)C1=C(NS(=O)(=O)c2ccc(F)c(F)c2F)CC(c2ccccc2)S1. The molecule has 1 unspecified atom stereocenters. The van der Waals surface area contributed by atoms with Gasteiger partial charge in [-0.3, -0.25) is 4.72 Å². The predicted octanol–water partition coefficient (Wildman–Crippen LogP) is 3.56. The summed E-state index contributed by atoms with van der Waals surface area (Å²) >= 11 is 0.951. The molecule has 2 aromatic rings. The van der Waals surface area contributed by atoms with Gasteiger partial charge in [0.05, 0.1) is 0 Å². The maximum atomic E-state index is 13.9. The second-order valence-corrected chi connectivity index (χ2v) is 8.48. The molecule has 10 heteroatoms. The largest absolute Gasteiger partial charge is 0.477 e. The van der Waals surface area contributed by atoms with Gasteiger partial charge in [0.1, 0.15) is 9.80 Å². The highest BCUT2D eigenvalue weighted by Gasteiger charge is 2.34. The minimum absolute atomic E-state index is 0.0286. The summed E-state index contributed by atoms with van der Waals surface area (Å²) in [4.78, 5) is 10.1. The minimum Gasteiger partial charge on any atom is -0.477 e. The summed E-state index contributed by atoms with van der Waals surface area (Å²) in [5.41, 5.74) is 0.639. The molecule has 1 aliphatic rings. The molecule has 1 aliphatic heterocycles. The Labute approximate surface area is 157 Å². The second-order valence-electron chi connectivity index (χ2n) is 5.61. The molecular formula is C17H12F3NO4S2. The van der Waals surface area contributed by atoms with E-state index in [0.717, 1.165) is 17.3 Å². The molecule has 0 aromatic heterocycles. The molecule has 2 N–H and O–H groups in total. The fraction of sp³-hybridized carbons (Fsp3) is 0.118. The van der Waals surface area contributed by atoms with Crippen LogP contribution in [0.2, 0.25) is 0 Å². The predicted molar refractivity (Wildman–Crippen MR) is 92.7 cm³/mol. The first-order chi connectivity index (χ1) is 12.7. The van der Waals surface area contributed by atoms with Crippen molar-refractivity contribution in [3.05, 3.63) is 76.1 Å². The van der Waals surface area contributed by atoms with Gasteiger partial charge in [-0.1, -0.05) is 30.3 Å². The number of halogens is 3. The number of carboxylic acids is 1. The van der Waals surface area contributed by atoms with E-state index >= 15 is 0 Å². The van der Waals surface area contributed by atoms with E-state index < -0.39 is 38.3 Å². The number of sulfonamides is 1. The fourth-order valence-electron chi connectivity index (χ4n) is 2.59. The van der Waals surface area contributed by atoms with Gasteiger partial charge >= 0.3 is 5.97 Å². The summed E-state index contributed by atoms with van der Waals surface area (Å²) < 4.78 is 67.1. The van der Waals surface area contributed by atoms with Crippen molar-refractivity contribution >= 4 is 27.8 Å². The highest BCUT2D eigenvalue weighted by Crippen LogP contribution is 2.47. The lowest BCUT2D eigenvalue weighted by Gasteiger charge is -2.12. The van der Waals surface area contributed by atoms with Crippen LogP contribution in [0.4, 0.5) is 13.2 Å². The number of aliphatic carboxylic acids is 1. The highest BCUT2D eigenvalue weighted by atomic mass is 32.2. The van der Waals surface area contributed by atoms with Gasteiger partial charge in [0.25, 0.3) is 10.0 Å². The van der Waals surface area contributed by atoms with E-state index in [9.17, 15) is 31.5 Å². The van der Waals surface area contributed by atoms with Crippen LogP contribution < -0.4 is 4.72 Å². The molecule has 27 heavy (non-hydrogen) atoms. The summed E-state index contributed by atoms with van der Waals surface area (Å²) in [7, 11) is -4.65. The first-order valence-corrected chi connectivity index (χ1v) is 9.91. The quantitative estimate of drug-likeness (QED) is 0.730. The fourth-order valence-corrected chi connectivity index (χ4v) is 5.05. The van der Waals surface area contributed by atoms with Gasteiger partial charge in [-0.15, -0.1) is 11.8 Å². The number of carbonyl (C=O) groups is 1. The summed E-state index contributed by atoms with van der Waals surface area (Å²) in [6.07, 6.45) is 0.0286. The van der Waals surface area contributed by atoms with E-state index in [-0.39, 0.29) is 22.3 Å². The lowest BCUT2D eigenvalue weighted by molar-refractivity contribution is -0.131. The topological polar surface area (TPSA) is 83.5 Å². The molecule has 0 saturated carbocycles. The normalized spacial score (nSPS) is 17.2. The summed E-state index contributed by atoms with van der Waals surface area (Å²) in [6, 6.07) is 9.89. The third-order valence-corrected chi connectivity index (χ3v) is 6.63. The molecule has 2 aromatic carbocycles. The van der Waals surface area contributed by atoms with Gasteiger partial charge in [0.15, 0.2) is 17.5 Å². The number of hydrogen-bond acceptors (Lipinski definition) is 4. The van der Waals surface area contributed by atoms with Crippen LogP contribution in [0.3, 0.4) is 0 Å². The van der Waals surface area contributed by atoms with Gasteiger partial charge in [0, 0.05) is 17.4 Å². The van der Waals surface area contributed by atoms with Crippen LogP contribution in [0.1, 0.15) is 17.2 Å². The molecule has 0 bridgehead atoms. The molecular weight excluding hydrogens is 403 g/mol. The lowest BCUT2D eigenvalue weighted by atomic mass is 10.1. The van der Waals surface area contributed by atoms with Crippen molar-refractivity contribution in [2.75, 3.05) is 0 Å². The Kier molecular flexibility index (Phi) is 5.20. The Morgan fingerprint density at radius 3 is 2.37 bits per heavy atom. The number of benzene rings is 2. The Morgan fingerprint density at radius 1 is 1.07 bits per heavy atom. The van der Waals surface area contributed by atoms with Gasteiger partial charge in [-0.05, 0) is 17.7 Å². The maximum absolute atomic E-state index is 13.9. The molecule has 1 heterocycles. The van der Waals surface area contributed by atoms with Crippen molar-refractivity contribution in [1.29, 1.82) is 0 Å². The van der Waals surface area contributed by atoms with Crippen molar-refractivity contribution in [3.8, 4) is 0 Å². The standard InChI is InChI=1S/C17H12F3NO4S2/c18-10-6-7-13(15(20)14(10)19)27(24,25)21-11-8-12(26-16(11)17(22)23)9-4-2-1-3-5-9/h1-7,12,21H,8H2,(H,22,23). The molecule has 5 nitrogen and oxygen atoms in total. The van der Waals surface area contributed by atoms with E-state index in [2.05, 4.69) is 0 Å². The van der Waals surface area contributed by atoms with Crippen molar-refractivity contribution in [1.82, 2.24) is 4.72 Å². The third-order valence-electron chi connectivity index (χ3n) is 3.84. The van der Waals surface area contributed by atoms with E-state index in [1.165, 1.54) is 0 Å². The molecule has 1 atom stereocenters. The average Bonchev–Trinajstić information content (AvgIpc) is 3.03. The molecule has 0 fully saturated rings. The monoisotopic (exact) mass is 415 g/mol. The number of carboxylic acid groups (broad SMARTS) is 1. The van der Waals surface area contributed by atoms with Crippen molar-refractivity contribution in [2.24, 2.45) is 0 Å². The summed E-state index contributed by atoms with van der Waals surface area (Å²) in [5, 5.41) is 9.00. The van der Waals surface area contributed by atoms with E-state index in [0.29, 0.717) is 12.1 Å². The number of hydrogen-bond donors (Lipinski definition) is 2. The molecule has 142 valence electrons. The number of nitrogens with one attached hydrogen (secondary N) is 1. The molecule has 3 rings (SSSR count). The maximum Gasteiger partial charge on any atom is 0.344 e. The van der Waals surface area contributed by atoms with Crippen LogP contribution in [0.15, 0.2) is 58.0 Å². The number of thioether (sulfide) groups is 1. The molecule has 0 radical (unpaired) electrons. The minimum atomic E-state index is -4.65. The van der Waals surface area contributed by atoms with Crippen LogP contribution in [-0.4, -0.2) is 19.5 Å². The molecule has 0 amide bonds. The second kappa shape index (κ2) is 7.28. The highest BCUT2D eigenvalue weighted by molar-refractivity contribution is 8.04. The Balaban J connectivity index is 1.93. The van der Waals surface area contributed by atoms with Crippen molar-refractivity contribution in [3.63, 3.8) is 0 Å². The zero-order valence-corrected chi connectivity index (χ0v) is 15.1. The van der Waals surface area contributed by atoms with Crippen LogP contribution in [0.5, 0.6) is 0 Å². The smallest absolute Gasteiger partial charge is 0.344 e. The average molecular weight is 415 g/mol. The summed E-state index contributed by atoms with van der Waals surface area (Å²) in [6.45, 7) is 0. The third kappa shape index (κ3) is 3.81. The van der Waals surface area contributed by atoms with Crippen LogP contribution >= 0.6 is 11.8 Å². The summed E-state index contributed by atoms with van der Waals surface area (Å²) in [5.74, 6) is -6.67. The lowest BCUT2D eigenvalue weighted by Crippen LogP contribution is -2.25. The molecule has 0 spiro atoms. The zero-order valence-electron chi connectivity index (χ0n) is 13.4. The molecule has 0 saturated heterocycles. The Hall–Kier alpha value is -2.46.